The molecule has 9 heteroatoms. The number of halogens is 3. The average molecular weight is 308 g/mol. The van der Waals surface area contributed by atoms with Crippen LogP contribution in [0.3, 0.4) is 0 Å². The molecule has 0 aliphatic carbocycles. The minimum Gasteiger partial charge on any atom is -0.481 e. The Bertz CT molecular complexity index is 540. The summed E-state index contributed by atoms with van der Waals surface area (Å²) in [6.45, 7) is 0. The van der Waals surface area contributed by atoms with Crippen LogP contribution >= 0.6 is 0 Å². The lowest BCUT2D eigenvalue weighted by molar-refractivity contribution is -0.274. The maximum atomic E-state index is 12.1. The monoisotopic (exact) mass is 308 g/mol. The van der Waals surface area contributed by atoms with Crippen molar-refractivity contribution in [3.8, 4) is 5.75 Å². The van der Waals surface area contributed by atoms with Crippen LogP contribution in [-0.4, -0.2) is 33.6 Å². The van der Waals surface area contributed by atoms with E-state index in [1.54, 1.807) is 0 Å². The fourth-order valence-corrected chi connectivity index (χ4v) is 1.64. The zero-order valence-corrected chi connectivity index (χ0v) is 10.4. The molecule has 0 aliphatic rings. The SMILES string of the molecule is O=C(O)CCc1cc(OC(F)(F)F)ccc1C(O)C(=O)O. The van der Waals surface area contributed by atoms with Crippen molar-refractivity contribution in [3.63, 3.8) is 0 Å². The number of carboxylic acids is 2. The minimum atomic E-state index is -4.93. The third kappa shape index (κ3) is 5.30. The highest BCUT2D eigenvalue weighted by Crippen LogP contribution is 2.28. The van der Waals surface area contributed by atoms with Gasteiger partial charge in [-0.2, -0.15) is 0 Å². The predicted octanol–water partition coefficient (Wildman–Crippen LogP) is 1.72. The van der Waals surface area contributed by atoms with E-state index >= 15 is 0 Å². The highest BCUT2D eigenvalue weighted by molar-refractivity contribution is 5.75. The molecule has 0 amide bonds. The van der Waals surface area contributed by atoms with E-state index in [4.69, 9.17) is 10.2 Å². The van der Waals surface area contributed by atoms with Gasteiger partial charge < -0.3 is 20.1 Å². The Morgan fingerprint density at radius 1 is 1.24 bits per heavy atom. The first-order chi connectivity index (χ1) is 9.60. The Morgan fingerprint density at radius 3 is 2.33 bits per heavy atom. The van der Waals surface area contributed by atoms with Gasteiger partial charge in [-0.3, -0.25) is 4.79 Å². The van der Waals surface area contributed by atoms with Gasteiger partial charge in [0.1, 0.15) is 5.75 Å². The van der Waals surface area contributed by atoms with Gasteiger partial charge in [-0.15, -0.1) is 13.2 Å². The summed E-state index contributed by atoms with van der Waals surface area (Å²) in [5, 5.41) is 26.8. The van der Waals surface area contributed by atoms with Gasteiger partial charge in [0, 0.05) is 6.42 Å². The van der Waals surface area contributed by atoms with Gasteiger partial charge in [0.2, 0.25) is 0 Å². The molecule has 1 unspecified atom stereocenters. The zero-order chi connectivity index (χ0) is 16.2. The van der Waals surface area contributed by atoms with E-state index in [2.05, 4.69) is 4.74 Å². The van der Waals surface area contributed by atoms with E-state index in [9.17, 15) is 27.9 Å². The number of aliphatic carboxylic acids is 2. The van der Waals surface area contributed by atoms with E-state index in [1.807, 2.05) is 0 Å². The number of rotatable bonds is 6. The smallest absolute Gasteiger partial charge is 0.481 e. The van der Waals surface area contributed by atoms with Crippen molar-refractivity contribution in [2.75, 3.05) is 0 Å². The molecule has 0 radical (unpaired) electrons. The molecule has 0 bridgehead atoms. The van der Waals surface area contributed by atoms with Gasteiger partial charge in [0.15, 0.2) is 6.10 Å². The Kier molecular flexibility index (Phi) is 5.14. The van der Waals surface area contributed by atoms with Gasteiger partial charge in [0.05, 0.1) is 0 Å². The Labute approximate surface area is 116 Å². The molecule has 1 aromatic carbocycles. The summed E-state index contributed by atoms with van der Waals surface area (Å²) in [5.41, 5.74) is -0.229. The number of hydrogen-bond acceptors (Lipinski definition) is 4. The van der Waals surface area contributed by atoms with Crippen LogP contribution in [0.15, 0.2) is 18.2 Å². The summed E-state index contributed by atoms with van der Waals surface area (Å²) < 4.78 is 40.0. The summed E-state index contributed by atoms with van der Waals surface area (Å²) >= 11 is 0. The summed E-state index contributed by atoms with van der Waals surface area (Å²) in [6.07, 6.45) is -7.58. The largest absolute Gasteiger partial charge is 0.573 e. The molecule has 0 saturated heterocycles. The van der Waals surface area contributed by atoms with Crippen LogP contribution < -0.4 is 4.74 Å². The van der Waals surface area contributed by atoms with Crippen molar-refractivity contribution in [2.45, 2.75) is 25.3 Å². The molecule has 0 saturated carbocycles. The lowest BCUT2D eigenvalue weighted by atomic mass is 9.98. The Hall–Kier alpha value is -2.29. The normalized spacial score (nSPS) is 12.8. The summed E-state index contributed by atoms with van der Waals surface area (Å²) in [4.78, 5) is 21.2. The number of alkyl halides is 3. The molecule has 1 atom stereocenters. The first kappa shape index (κ1) is 16.8. The fraction of sp³-hybridized carbons (Fsp3) is 0.333. The standard InChI is InChI=1S/C12H11F3O6/c13-12(14,15)21-7-2-3-8(10(18)11(19)20)6(5-7)1-4-9(16)17/h2-3,5,10,18H,1,4H2,(H,16,17)(H,19,20). The minimum absolute atomic E-state index is 0.0472. The first-order valence-corrected chi connectivity index (χ1v) is 5.61. The van der Waals surface area contributed by atoms with Crippen LogP contribution in [-0.2, 0) is 16.0 Å². The third-order valence-electron chi connectivity index (χ3n) is 2.48. The Morgan fingerprint density at radius 2 is 1.86 bits per heavy atom. The maximum absolute atomic E-state index is 12.1. The molecule has 0 aliphatic heterocycles. The summed E-state index contributed by atoms with van der Waals surface area (Å²) in [5.74, 6) is -3.44. The number of aryl methyl sites for hydroxylation is 1. The van der Waals surface area contributed by atoms with E-state index in [-0.39, 0.29) is 17.5 Å². The van der Waals surface area contributed by atoms with Crippen LogP contribution in [0.5, 0.6) is 5.75 Å². The number of carbonyl (C=O) groups is 2. The number of carboxylic acid groups (broad SMARTS) is 2. The second kappa shape index (κ2) is 6.44. The quantitative estimate of drug-likeness (QED) is 0.739. The second-order valence-corrected chi connectivity index (χ2v) is 4.04. The molecule has 0 aromatic heterocycles. The van der Waals surface area contributed by atoms with Gasteiger partial charge in [-0.25, -0.2) is 4.79 Å². The van der Waals surface area contributed by atoms with Crippen molar-refractivity contribution in [3.05, 3.63) is 29.3 Å². The predicted molar refractivity (Wildman–Crippen MR) is 61.7 cm³/mol. The van der Waals surface area contributed by atoms with Gasteiger partial charge in [0.25, 0.3) is 0 Å². The molecule has 1 rings (SSSR count). The molecule has 3 N–H and O–H groups in total. The number of ether oxygens (including phenoxy) is 1. The molecule has 0 heterocycles. The molecule has 6 nitrogen and oxygen atoms in total. The van der Waals surface area contributed by atoms with Crippen molar-refractivity contribution >= 4 is 11.9 Å². The molecule has 0 fully saturated rings. The van der Waals surface area contributed by atoms with Crippen LogP contribution in [0.1, 0.15) is 23.7 Å². The molecular formula is C12H11F3O6. The fourth-order valence-electron chi connectivity index (χ4n) is 1.64. The molecule has 0 spiro atoms. The molecule has 21 heavy (non-hydrogen) atoms. The van der Waals surface area contributed by atoms with Crippen molar-refractivity contribution in [2.24, 2.45) is 0 Å². The zero-order valence-electron chi connectivity index (χ0n) is 10.4. The van der Waals surface area contributed by atoms with E-state index in [1.165, 1.54) is 0 Å². The summed E-state index contributed by atoms with van der Waals surface area (Å²) in [7, 11) is 0. The molecule has 116 valence electrons. The first-order valence-electron chi connectivity index (χ1n) is 5.61. The van der Waals surface area contributed by atoms with Gasteiger partial charge in [-0.05, 0) is 29.7 Å². The van der Waals surface area contributed by atoms with E-state index < -0.39 is 36.6 Å². The lowest BCUT2D eigenvalue weighted by Gasteiger charge is -2.15. The van der Waals surface area contributed by atoms with Crippen LogP contribution in [0, 0.1) is 0 Å². The van der Waals surface area contributed by atoms with Crippen molar-refractivity contribution in [1.29, 1.82) is 0 Å². The maximum Gasteiger partial charge on any atom is 0.573 e. The number of benzene rings is 1. The molecule has 1 aromatic rings. The van der Waals surface area contributed by atoms with E-state index in [0.717, 1.165) is 18.2 Å². The number of hydrogen-bond donors (Lipinski definition) is 3. The van der Waals surface area contributed by atoms with Gasteiger partial charge >= 0.3 is 18.3 Å². The number of aliphatic hydroxyl groups excluding tert-OH is 1. The summed E-state index contributed by atoms with van der Waals surface area (Å²) in [6, 6.07) is 2.66. The number of aliphatic hydroxyl groups is 1. The van der Waals surface area contributed by atoms with Crippen LogP contribution in [0.25, 0.3) is 0 Å². The van der Waals surface area contributed by atoms with Gasteiger partial charge in [-0.1, -0.05) is 6.07 Å². The highest BCUT2D eigenvalue weighted by atomic mass is 19.4. The second-order valence-electron chi connectivity index (χ2n) is 4.04. The third-order valence-corrected chi connectivity index (χ3v) is 2.48. The van der Waals surface area contributed by atoms with Crippen molar-refractivity contribution < 1.29 is 42.8 Å². The van der Waals surface area contributed by atoms with Crippen molar-refractivity contribution in [1.82, 2.24) is 0 Å². The Balaban J connectivity index is 3.12. The highest BCUT2D eigenvalue weighted by Gasteiger charge is 2.31. The topological polar surface area (TPSA) is 104 Å². The van der Waals surface area contributed by atoms with Crippen LogP contribution in [0.4, 0.5) is 13.2 Å². The average Bonchev–Trinajstić information content (AvgIpc) is 2.33. The lowest BCUT2D eigenvalue weighted by Crippen LogP contribution is -2.18. The van der Waals surface area contributed by atoms with Crippen LogP contribution in [0.2, 0.25) is 0 Å². The molecular weight excluding hydrogens is 297 g/mol. The van der Waals surface area contributed by atoms with E-state index in [0.29, 0.717) is 0 Å².